The van der Waals surface area contributed by atoms with E-state index >= 15 is 0 Å². The van der Waals surface area contributed by atoms with Gasteiger partial charge in [0.15, 0.2) is 0 Å². The van der Waals surface area contributed by atoms with Crippen LogP contribution < -0.4 is 22.5 Å². The van der Waals surface area contributed by atoms with Gasteiger partial charge in [0.25, 0.3) is 6.47 Å². The largest absolute Gasteiger partial charge is 0.483 e. The predicted octanol–water partition coefficient (Wildman–Crippen LogP) is 5.43. The molecule has 1 aliphatic rings. The lowest BCUT2D eigenvalue weighted by Gasteiger charge is -2.12. The molecular formula is C25H41N5O2. The van der Waals surface area contributed by atoms with Gasteiger partial charge in [0.2, 0.25) is 0 Å². The van der Waals surface area contributed by atoms with E-state index in [4.69, 9.17) is 27.1 Å². The van der Waals surface area contributed by atoms with Crippen molar-refractivity contribution >= 4 is 29.4 Å². The number of nitrogen functional groups attached to an aromatic ring is 1. The molecule has 1 aromatic carbocycles. The second-order valence-electron chi connectivity index (χ2n) is 8.71. The highest BCUT2D eigenvalue weighted by molar-refractivity contribution is 5.78. The summed E-state index contributed by atoms with van der Waals surface area (Å²) >= 11 is 0. The van der Waals surface area contributed by atoms with Crippen molar-refractivity contribution in [2.24, 2.45) is 11.5 Å². The molecule has 0 amide bonds. The van der Waals surface area contributed by atoms with Crippen molar-refractivity contribution in [3.8, 4) is 0 Å². The van der Waals surface area contributed by atoms with Gasteiger partial charge in [0.05, 0.1) is 5.69 Å². The number of nitrogens with zero attached hydrogens (tertiary/aromatic N) is 1. The number of aryl methyl sites for hydroxylation is 1. The Morgan fingerprint density at radius 3 is 1.97 bits per heavy atom. The molecule has 0 bridgehead atoms. The van der Waals surface area contributed by atoms with E-state index in [1.54, 1.807) is 6.07 Å². The second kappa shape index (κ2) is 15.7. The van der Waals surface area contributed by atoms with Crippen LogP contribution in [0.4, 0.5) is 17.2 Å². The van der Waals surface area contributed by atoms with Crippen LogP contribution in [0.25, 0.3) is 5.70 Å². The number of hydrogen-bond donors (Lipinski definition) is 5. The first kappa shape index (κ1) is 28.9. The fourth-order valence-electron chi connectivity index (χ4n) is 2.76. The Morgan fingerprint density at radius 2 is 1.56 bits per heavy atom. The molecule has 8 N–H and O–H groups in total. The Bertz CT molecular complexity index is 795. The van der Waals surface area contributed by atoms with Crippen LogP contribution in [0.2, 0.25) is 0 Å². The third-order valence-electron chi connectivity index (χ3n) is 4.04. The first-order chi connectivity index (χ1) is 15.0. The summed E-state index contributed by atoms with van der Waals surface area (Å²) in [5, 5.41) is 10.1. The van der Waals surface area contributed by atoms with Gasteiger partial charge < -0.3 is 27.6 Å². The SMILES string of the molecule is C1CCCCC1.C=C(N)c1ccc(N)cc1Nc1cccc(C)n1.CC(C)(C)N.O=CO. The van der Waals surface area contributed by atoms with Crippen LogP contribution >= 0.6 is 0 Å². The molecule has 0 atom stereocenters. The summed E-state index contributed by atoms with van der Waals surface area (Å²) in [5.74, 6) is 0.753. The van der Waals surface area contributed by atoms with Crippen LogP contribution in [0.1, 0.15) is 70.6 Å². The highest BCUT2D eigenvalue weighted by atomic mass is 16.3. The van der Waals surface area contributed by atoms with Gasteiger partial charge in [-0.05, 0) is 58.0 Å². The van der Waals surface area contributed by atoms with E-state index in [-0.39, 0.29) is 12.0 Å². The third kappa shape index (κ3) is 15.7. The molecule has 0 spiro atoms. The minimum absolute atomic E-state index is 0. The maximum absolute atomic E-state index is 8.36. The summed E-state index contributed by atoms with van der Waals surface area (Å²) in [6, 6.07) is 11.2. The van der Waals surface area contributed by atoms with E-state index in [1.165, 1.54) is 38.5 Å². The summed E-state index contributed by atoms with van der Waals surface area (Å²) in [4.78, 5) is 12.7. The van der Waals surface area contributed by atoms with E-state index in [0.717, 1.165) is 22.8 Å². The molecule has 1 heterocycles. The normalized spacial score (nSPS) is 12.4. The van der Waals surface area contributed by atoms with Crippen molar-refractivity contribution in [1.29, 1.82) is 0 Å². The first-order valence-corrected chi connectivity index (χ1v) is 10.9. The highest BCUT2D eigenvalue weighted by Crippen LogP contribution is 2.25. The van der Waals surface area contributed by atoms with Gasteiger partial charge in [-0.3, -0.25) is 4.79 Å². The average molecular weight is 444 g/mol. The first-order valence-electron chi connectivity index (χ1n) is 10.9. The number of hydrogen-bond acceptors (Lipinski definition) is 6. The molecule has 0 saturated heterocycles. The number of rotatable bonds is 3. The number of benzene rings is 1. The Balaban J connectivity index is 0.000000560. The summed E-state index contributed by atoms with van der Waals surface area (Å²) in [5.41, 5.74) is 20.6. The molecule has 0 radical (unpaired) electrons. The number of pyridine rings is 1. The van der Waals surface area contributed by atoms with Gasteiger partial charge in [0, 0.05) is 28.2 Å². The lowest BCUT2D eigenvalue weighted by Crippen LogP contribution is -2.26. The zero-order valence-corrected chi connectivity index (χ0v) is 20.0. The van der Waals surface area contributed by atoms with Crippen molar-refractivity contribution in [3.63, 3.8) is 0 Å². The maximum atomic E-state index is 8.36. The van der Waals surface area contributed by atoms with E-state index in [0.29, 0.717) is 11.4 Å². The van der Waals surface area contributed by atoms with Gasteiger partial charge in [-0.15, -0.1) is 0 Å². The van der Waals surface area contributed by atoms with Crippen LogP contribution in [-0.4, -0.2) is 22.1 Å². The molecule has 7 heteroatoms. The molecule has 1 aliphatic carbocycles. The van der Waals surface area contributed by atoms with Crippen molar-refractivity contribution in [1.82, 2.24) is 4.98 Å². The Hall–Kier alpha value is -3.06. The highest BCUT2D eigenvalue weighted by Gasteiger charge is 2.05. The summed E-state index contributed by atoms with van der Waals surface area (Å²) in [6.07, 6.45) is 9.00. The standard InChI is InChI=1S/C14H16N4.C6H12.C4H11N.CH2O2/c1-9-4-3-5-14(17-9)18-13-8-11(16)6-7-12(13)10(2)15;1-2-4-6-5-3-1;1-4(2,3)5;2-1-3/h3-8H,2,15-16H2,1H3,(H,17,18);1-6H2;5H2,1-3H3;1H,(H,2,3). The van der Waals surface area contributed by atoms with E-state index < -0.39 is 0 Å². The molecule has 0 unspecified atom stereocenters. The molecule has 2 aromatic rings. The number of carbonyl (C=O) groups is 1. The molecule has 32 heavy (non-hydrogen) atoms. The van der Waals surface area contributed by atoms with Crippen molar-refractivity contribution < 1.29 is 9.90 Å². The molecule has 7 nitrogen and oxygen atoms in total. The molecule has 1 fully saturated rings. The van der Waals surface area contributed by atoms with Gasteiger partial charge >= 0.3 is 0 Å². The number of nitrogens with one attached hydrogen (secondary N) is 1. The summed E-state index contributed by atoms with van der Waals surface area (Å²) < 4.78 is 0. The fraction of sp³-hybridized carbons (Fsp3) is 0.440. The smallest absolute Gasteiger partial charge is 0.290 e. The zero-order valence-electron chi connectivity index (χ0n) is 20.0. The fourth-order valence-corrected chi connectivity index (χ4v) is 2.76. The summed E-state index contributed by atoms with van der Waals surface area (Å²) in [6.45, 7) is 11.3. The Labute approximate surface area is 193 Å². The second-order valence-corrected chi connectivity index (χ2v) is 8.71. The summed E-state index contributed by atoms with van der Waals surface area (Å²) in [7, 11) is 0. The van der Waals surface area contributed by atoms with E-state index in [1.807, 2.05) is 58.0 Å². The van der Waals surface area contributed by atoms with Crippen molar-refractivity contribution in [3.05, 3.63) is 54.2 Å². The van der Waals surface area contributed by atoms with Gasteiger partial charge in [-0.25, -0.2) is 4.98 Å². The molecule has 178 valence electrons. The van der Waals surface area contributed by atoms with Crippen LogP contribution in [0.3, 0.4) is 0 Å². The van der Waals surface area contributed by atoms with Crippen LogP contribution in [0, 0.1) is 6.92 Å². The van der Waals surface area contributed by atoms with Crippen LogP contribution in [0.15, 0.2) is 43.0 Å². The number of nitrogens with two attached hydrogens (primary N) is 3. The molecular weight excluding hydrogens is 402 g/mol. The maximum Gasteiger partial charge on any atom is 0.290 e. The predicted molar refractivity (Wildman–Crippen MR) is 137 cm³/mol. The lowest BCUT2D eigenvalue weighted by molar-refractivity contribution is -0.122. The molecule has 0 aliphatic heterocycles. The zero-order chi connectivity index (χ0) is 24.6. The quantitative estimate of drug-likeness (QED) is 0.314. The van der Waals surface area contributed by atoms with E-state index in [2.05, 4.69) is 16.9 Å². The Kier molecular flexibility index (Phi) is 14.2. The van der Waals surface area contributed by atoms with E-state index in [9.17, 15) is 0 Å². The topological polar surface area (TPSA) is 140 Å². The minimum atomic E-state index is -0.250. The Morgan fingerprint density at radius 1 is 1.09 bits per heavy atom. The minimum Gasteiger partial charge on any atom is -0.483 e. The van der Waals surface area contributed by atoms with Crippen LogP contribution in [0.5, 0.6) is 0 Å². The number of carboxylic acid groups (broad SMARTS) is 1. The average Bonchev–Trinajstić information content (AvgIpc) is 2.69. The van der Waals surface area contributed by atoms with Crippen molar-refractivity contribution in [2.75, 3.05) is 11.1 Å². The molecule has 1 saturated carbocycles. The van der Waals surface area contributed by atoms with Crippen LogP contribution in [-0.2, 0) is 4.79 Å². The van der Waals surface area contributed by atoms with Crippen molar-refractivity contribution in [2.45, 2.75) is 71.8 Å². The third-order valence-corrected chi connectivity index (χ3v) is 4.04. The monoisotopic (exact) mass is 443 g/mol. The lowest BCUT2D eigenvalue weighted by atomic mass is 10.0. The molecule has 3 rings (SSSR count). The molecule has 1 aromatic heterocycles. The van der Waals surface area contributed by atoms with Gasteiger partial charge in [-0.1, -0.05) is 51.2 Å². The van der Waals surface area contributed by atoms with Gasteiger partial charge in [0.1, 0.15) is 5.82 Å². The number of anilines is 3. The van der Waals surface area contributed by atoms with Gasteiger partial charge in [-0.2, -0.15) is 0 Å². The number of aromatic nitrogens is 1.